The van der Waals surface area contributed by atoms with Gasteiger partial charge in [-0.1, -0.05) is 36.4 Å². The standard InChI is InChI=1S/C17H15NO2/c19-17-16-9-5-4-6-14(16)10-11-18(17)12-13-20-15-7-2-1-3-8-15/h1-11H,12-13H2. The average molecular weight is 265 g/mol. The van der Waals surface area contributed by atoms with Gasteiger partial charge in [0.05, 0.1) is 6.54 Å². The molecule has 3 heteroatoms. The van der Waals surface area contributed by atoms with Gasteiger partial charge in [0.1, 0.15) is 12.4 Å². The van der Waals surface area contributed by atoms with Crippen LogP contribution in [-0.4, -0.2) is 11.2 Å². The summed E-state index contributed by atoms with van der Waals surface area (Å²) in [6.45, 7) is 1.01. The number of nitrogens with zero attached hydrogens (tertiary/aromatic N) is 1. The summed E-state index contributed by atoms with van der Waals surface area (Å²) in [4.78, 5) is 12.3. The highest BCUT2D eigenvalue weighted by Gasteiger charge is 2.02. The van der Waals surface area contributed by atoms with Crippen LogP contribution in [-0.2, 0) is 6.54 Å². The third-order valence-corrected chi connectivity index (χ3v) is 3.23. The van der Waals surface area contributed by atoms with Crippen LogP contribution in [0.4, 0.5) is 0 Å². The summed E-state index contributed by atoms with van der Waals surface area (Å²) >= 11 is 0. The molecule has 0 saturated heterocycles. The van der Waals surface area contributed by atoms with Gasteiger partial charge in [0.15, 0.2) is 0 Å². The quantitative estimate of drug-likeness (QED) is 0.726. The van der Waals surface area contributed by atoms with Crippen LogP contribution in [0.25, 0.3) is 10.8 Å². The first-order chi connectivity index (χ1) is 9.84. The Balaban J connectivity index is 1.75. The third kappa shape index (κ3) is 2.57. The molecule has 0 unspecified atom stereocenters. The van der Waals surface area contributed by atoms with Gasteiger partial charge in [-0.15, -0.1) is 0 Å². The summed E-state index contributed by atoms with van der Waals surface area (Å²) in [5.41, 5.74) is 0.0276. The lowest BCUT2D eigenvalue weighted by Crippen LogP contribution is -2.22. The van der Waals surface area contributed by atoms with Crippen molar-refractivity contribution in [1.82, 2.24) is 4.57 Å². The van der Waals surface area contributed by atoms with Crippen LogP contribution in [0.5, 0.6) is 5.75 Å². The largest absolute Gasteiger partial charge is 0.492 e. The van der Waals surface area contributed by atoms with E-state index >= 15 is 0 Å². The van der Waals surface area contributed by atoms with Crippen molar-refractivity contribution >= 4 is 10.8 Å². The topological polar surface area (TPSA) is 31.2 Å². The first-order valence-electron chi connectivity index (χ1n) is 6.60. The fraction of sp³-hybridized carbons (Fsp3) is 0.118. The summed E-state index contributed by atoms with van der Waals surface area (Å²) in [7, 11) is 0. The number of pyridine rings is 1. The summed E-state index contributed by atoms with van der Waals surface area (Å²) in [5.74, 6) is 0.821. The molecule has 0 spiro atoms. The highest BCUT2D eigenvalue weighted by molar-refractivity contribution is 5.81. The Hall–Kier alpha value is -2.55. The molecule has 3 nitrogen and oxygen atoms in total. The van der Waals surface area contributed by atoms with E-state index in [0.717, 1.165) is 16.5 Å². The number of aromatic nitrogens is 1. The summed E-state index contributed by atoms with van der Waals surface area (Å²) in [5, 5.41) is 1.72. The van der Waals surface area contributed by atoms with E-state index in [1.807, 2.05) is 66.9 Å². The minimum absolute atomic E-state index is 0.0276. The van der Waals surface area contributed by atoms with Crippen LogP contribution in [0.2, 0.25) is 0 Å². The molecule has 2 aromatic carbocycles. The number of para-hydroxylation sites is 1. The molecule has 0 atom stereocenters. The van der Waals surface area contributed by atoms with Crippen LogP contribution >= 0.6 is 0 Å². The fourth-order valence-corrected chi connectivity index (χ4v) is 2.18. The maximum atomic E-state index is 12.3. The SMILES string of the molecule is O=c1c2ccccc2ccn1CCOc1ccccc1. The van der Waals surface area contributed by atoms with Gasteiger partial charge >= 0.3 is 0 Å². The smallest absolute Gasteiger partial charge is 0.258 e. The molecule has 0 bridgehead atoms. The molecule has 20 heavy (non-hydrogen) atoms. The third-order valence-electron chi connectivity index (χ3n) is 3.23. The van der Waals surface area contributed by atoms with Crippen LogP contribution in [0, 0.1) is 0 Å². The lowest BCUT2D eigenvalue weighted by molar-refractivity contribution is 0.296. The molecule has 0 radical (unpaired) electrons. The molecule has 0 amide bonds. The number of hydrogen-bond donors (Lipinski definition) is 0. The Labute approximate surface area is 117 Å². The van der Waals surface area contributed by atoms with Gasteiger partial charge in [0, 0.05) is 11.6 Å². The zero-order valence-electron chi connectivity index (χ0n) is 11.0. The van der Waals surface area contributed by atoms with Crippen LogP contribution in [0.3, 0.4) is 0 Å². The second-order valence-corrected chi connectivity index (χ2v) is 4.56. The number of hydrogen-bond acceptors (Lipinski definition) is 2. The molecule has 100 valence electrons. The Morgan fingerprint density at radius 3 is 2.50 bits per heavy atom. The van der Waals surface area contributed by atoms with Crippen molar-refractivity contribution in [3.8, 4) is 5.75 Å². The Morgan fingerprint density at radius 1 is 0.900 bits per heavy atom. The summed E-state index contributed by atoms with van der Waals surface area (Å²) in [6, 6.07) is 19.2. The zero-order chi connectivity index (χ0) is 13.8. The average Bonchev–Trinajstić information content (AvgIpc) is 2.51. The van der Waals surface area contributed by atoms with Gasteiger partial charge in [-0.05, 0) is 29.7 Å². The maximum absolute atomic E-state index is 12.3. The first kappa shape index (κ1) is 12.5. The molecule has 0 aliphatic rings. The maximum Gasteiger partial charge on any atom is 0.258 e. The van der Waals surface area contributed by atoms with Crippen LogP contribution in [0.15, 0.2) is 71.7 Å². The van der Waals surface area contributed by atoms with E-state index in [1.54, 1.807) is 4.57 Å². The van der Waals surface area contributed by atoms with E-state index in [9.17, 15) is 4.79 Å². The van der Waals surface area contributed by atoms with Crippen molar-refractivity contribution in [2.75, 3.05) is 6.61 Å². The van der Waals surface area contributed by atoms with Crippen molar-refractivity contribution in [3.63, 3.8) is 0 Å². The molecule has 0 fully saturated rings. The Bertz CT molecular complexity index is 763. The van der Waals surface area contributed by atoms with Gasteiger partial charge in [0.2, 0.25) is 0 Å². The second-order valence-electron chi connectivity index (χ2n) is 4.56. The summed E-state index contributed by atoms with van der Waals surface area (Å²) in [6.07, 6.45) is 1.82. The number of rotatable bonds is 4. The molecule has 3 aromatic rings. The normalized spacial score (nSPS) is 10.6. The van der Waals surface area contributed by atoms with Crippen molar-refractivity contribution in [2.24, 2.45) is 0 Å². The van der Waals surface area contributed by atoms with E-state index in [0.29, 0.717) is 13.2 Å². The Morgan fingerprint density at radius 2 is 1.65 bits per heavy atom. The second kappa shape index (κ2) is 5.61. The van der Waals surface area contributed by atoms with Crippen LogP contribution in [0.1, 0.15) is 0 Å². The lowest BCUT2D eigenvalue weighted by Gasteiger charge is -2.09. The number of benzene rings is 2. The molecular formula is C17H15NO2. The minimum Gasteiger partial charge on any atom is -0.492 e. The lowest BCUT2D eigenvalue weighted by atomic mass is 10.2. The molecule has 0 aliphatic carbocycles. The van der Waals surface area contributed by atoms with E-state index in [2.05, 4.69) is 0 Å². The van der Waals surface area contributed by atoms with Crippen molar-refractivity contribution in [2.45, 2.75) is 6.54 Å². The number of ether oxygens (including phenoxy) is 1. The minimum atomic E-state index is 0.0276. The zero-order valence-corrected chi connectivity index (χ0v) is 11.0. The first-order valence-corrected chi connectivity index (χ1v) is 6.60. The van der Waals surface area contributed by atoms with Gasteiger partial charge in [0.25, 0.3) is 5.56 Å². The molecule has 3 rings (SSSR count). The molecule has 1 heterocycles. The van der Waals surface area contributed by atoms with Crippen LogP contribution < -0.4 is 10.3 Å². The molecule has 1 aromatic heterocycles. The van der Waals surface area contributed by atoms with E-state index in [1.165, 1.54) is 0 Å². The fourth-order valence-electron chi connectivity index (χ4n) is 2.18. The monoisotopic (exact) mass is 265 g/mol. The highest BCUT2D eigenvalue weighted by atomic mass is 16.5. The molecule has 0 N–H and O–H groups in total. The van der Waals surface area contributed by atoms with Crippen molar-refractivity contribution < 1.29 is 4.74 Å². The van der Waals surface area contributed by atoms with E-state index < -0.39 is 0 Å². The van der Waals surface area contributed by atoms with Gasteiger partial charge in [-0.2, -0.15) is 0 Å². The highest BCUT2D eigenvalue weighted by Crippen LogP contribution is 2.09. The molecule has 0 aliphatic heterocycles. The summed E-state index contributed by atoms with van der Waals surface area (Å²) < 4.78 is 7.30. The van der Waals surface area contributed by atoms with Crippen molar-refractivity contribution in [3.05, 3.63) is 77.2 Å². The van der Waals surface area contributed by atoms with E-state index in [4.69, 9.17) is 4.74 Å². The Kier molecular flexibility index (Phi) is 3.50. The molecular weight excluding hydrogens is 250 g/mol. The predicted molar refractivity (Wildman–Crippen MR) is 80.1 cm³/mol. The molecule has 0 saturated carbocycles. The van der Waals surface area contributed by atoms with Crippen molar-refractivity contribution in [1.29, 1.82) is 0 Å². The number of fused-ring (bicyclic) bond motifs is 1. The van der Waals surface area contributed by atoms with Gasteiger partial charge in [-0.3, -0.25) is 4.79 Å². The van der Waals surface area contributed by atoms with Gasteiger partial charge < -0.3 is 9.30 Å². The van der Waals surface area contributed by atoms with Gasteiger partial charge in [-0.25, -0.2) is 0 Å². The van der Waals surface area contributed by atoms with E-state index in [-0.39, 0.29) is 5.56 Å². The predicted octanol–water partition coefficient (Wildman–Crippen LogP) is 3.08.